The van der Waals surface area contributed by atoms with Crippen LogP contribution in [0, 0.1) is 0 Å². The highest BCUT2D eigenvalue weighted by atomic mass is 32.2. The van der Waals surface area contributed by atoms with Crippen LogP contribution < -0.4 is 10.9 Å². The predicted octanol–water partition coefficient (Wildman–Crippen LogP) is 5.53. The summed E-state index contributed by atoms with van der Waals surface area (Å²) in [5.74, 6) is 0.163. The van der Waals surface area contributed by atoms with E-state index in [1.807, 2.05) is 24.4 Å². The van der Waals surface area contributed by atoms with Gasteiger partial charge in [0.05, 0.1) is 15.5 Å². The van der Waals surface area contributed by atoms with Gasteiger partial charge in [0.1, 0.15) is 4.83 Å². The molecule has 1 amide bonds. The van der Waals surface area contributed by atoms with Crippen LogP contribution in [0.15, 0.2) is 68.8 Å². The number of sulfonamides is 1. The number of hydrogen-bond acceptors (Lipinski definition) is 7. The van der Waals surface area contributed by atoms with Crippen LogP contribution in [0.4, 0.5) is 5.69 Å². The lowest BCUT2D eigenvalue weighted by atomic mass is 9.99. The summed E-state index contributed by atoms with van der Waals surface area (Å²) in [5.41, 5.74) is 3.28. The molecule has 0 saturated carbocycles. The van der Waals surface area contributed by atoms with Gasteiger partial charge in [0.25, 0.3) is 5.56 Å². The Hall–Kier alpha value is -2.99. The standard InChI is InChI=1S/C27H30N4O4S3/c1-6-22(24(32)28-19-11-13-20(14-12-19)38(34,35)31(4)5)37-27-29-25(33)23-21(15-36-26(23)30-27)18-9-7-17(8-10-18)16(2)3/h7-16,22H,6H2,1-5H3,(H,28,32)(H,29,30,33). The van der Waals surface area contributed by atoms with Crippen molar-refractivity contribution < 1.29 is 13.2 Å². The molecule has 2 N–H and O–H groups in total. The van der Waals surface area contributed by atoms with Gasteiger partial charge in [-0.2, -0.15) is 0 Å². The molecule has 2 heterocycles. The van der Waals surface area contributed by atoms with Crippen molar-refractivity contribution >= 4 is 54.9 Å². The van der Waals surface area contributed by atoms with E-state index in [4.69, 9.17) is 0 Å². The van der Waals surface area contributed by atoms with Crippen LogP contribution >= 0.6 is 23.1 Å². The first-order chi connectivity index (χ1) is 18.0. The molecule has 0 aliphatic carbocycles. The lowest BCUT2D eigenvalue weighted by Crippen LogP contribution is -2.25. The first kappa shape index (κ1) is 28.0. The molecule has 11 heteroatoms. The van der Waals surface area contributed by atoms with Gasteiger partial charge in [0.15, 0.2) is 5.16 Å². The van der Waals surface area contributed by atoms with E-state index in [9.17, 15) is 18.0 Å². The minimum atomic E-state index is -3.55. The maximum atomic E-state index is 13.1. The summed E-state index contributed by atoms with van der Waals surface area (Å²) in [6.07, 6.45) is 0.503. The summed E-state index contributed by atoms with van der Waals surface area (Å²) >= 11 is 2.59. The molecule has 1 atom stereocenters. The number of carbonyl (C=O) groups is 1. The number of benzene rings is 2. The number of fused-ring (bicyclic) bond motifs is 1. The van der Waals surface area contributed by atoms with Gasteiger partial charge in [-0.3, -0.25) is 9.59 Å². The van der Waals surface area contributed by atoms with Gasteiger partial charge in [-0.15, -0.1) is 11.3 Å². The van der Waals surface area contributed by atoms with Crippen LogP contribution in [0.2, 0.25) is 0 Å². The van der Waals surface area contributed by atoms with Gasteiger partial charge >= 0.3 is 0 Å². The molecule has 38 heavy (non-hydrogen) atoms. The SMILES string of the molecule is CCC(Sc1nc2scc(-c3ccc(C(C)C)cc3)c2c(=O)[nH]1)C(=O)Nc1ccc(S(=O)(=O)N(C)C)cc1. The topological polar surface area (TPSA) is 112 Å². The number of anilines is 1. The van der Waals surface area contributed by atoms with E-state index >= 15 is 0 Å². The van der Waals surface area contributed by atoms with Gasteiger partial charge in [0, 0.05) is 30.7 Å². The molecule has 8 nitrogen and oxygen atoms in total. The third kappa shape index (κ3) is 5.85. The minimum Gasteiger partial charge on any atom is -0.325 e. The molecule has 0 fully saturated rings. The highest BCUT2D eigenvalue weighted by Crippen LogP contribution is 2.33. The number of thiophene rings is 1. The van der Waals surface area contributed by atoms with Crippen molar-refractivity contribution in [1.29, 1.82) is 0 Å². The summed E-state index contributed by atoms with van der Waals surface area (Å²) in [4.78, 5) is 34.3. The smallest absolute Gasteiger partial charge is 0.260 e. The van der Waals surface area contributed by atoms with Crippen molar-refractivity contribution in [3.05, 3.63) is 69.8 Å². The van der Waals surface area contributed by atoms with Crippen molar-refractivity contribution in [3.8, 4) is 11.1 Å². The second kappa shape index (κ2) is 11.4. The number of nitrogens with zero attached hydrogens (tertiary/aromatic N) is 2. The fraction of sp³-hybridized carbons (Fsp3) is 0.296. The molecule has 2 aromatic heterocycles. The fourth-order valence-electron chi connectivity index (χ4n) is 3.85. The molecule has 0 radical (unpaired) electrons. The first-order valence-electron chi connectivity index (χ1n) is 12.1. The van der Waals surface area contributed by atoms with Gasteiger partial charge in [-0.1, -0.05) is 56.8 Å². The average Bonchev–Trinajstić information content (AvgIpc) is 3.32. The Kier molecular flexibility index (Phi) is 8.41. The Balaban J connectivity index is 1.51. The summed E-state index contributed by atoms with van der Waals surface area (Å²) in [5, 5.41) is 5.17. The van der Waals surface area contributed by atoms with Crippen LogP contribution in [0.5, 0.6) is 0 Å². The molecule has 0 aliphatic heterocycles. The number of rotatable bonds is 9. The Morgan fingerprint density at radius 1 is 1.11 bits per heavy atom. The summed E-state index contributed by atoms with van der Waals surface area (Å²) in [6, 6.07) is 14.2. The highest BCUT2D eigenvalue weighted by Gasteiger charge is 2.22. The number of amides is 1. The summed E-state index contributed by atoms with van der Waals surface area (Å²) in [6.45, 7) is 6.16. The molecule has 2 aromatic carbocycles. The lowest BCUT2D eigenvalue weighted by Gasteiger charge is -2.15. The molecule has 0 spiro atoms. The predicted molar refractivity (Wildman–Crippen MR) is 156 cm³/mol. The zero-order valence-corrected chi connectivity index (χ0v) is 24.3. The number of thioether (sulfide) groups is 1. The van der Waals surface area contributed by atoms with Crippen molar-refractivity contribution in [3.63, 3.8) is 0 Å². The number of H-pyrrole nitrogens is 1. The molecule has 0 bridgehead atoms. The Labute approximate surface area is 230 Å². The third-order valence-electron chi connectivity index (χ3n) is 6.13. The van der Waals surface area contributed by atoms with E-state index in [0.29, 0.717) is 33.4 Å². The lowest BCUT2D eigenvalue weighted by molar-refractivity contribution is -0.115. The monoisotopic (exact) mass is 570 g/mol. The Morgan fingerprint density at radius 2 is 1.76 bits per heavy atom. The molecular weight excluding hydrogens is 541 g/mol. The van der Waals surface area contributed by atoms with Crippen LogP contribution in [0.3, 0.4) is 0 Å². The second-order valence-corrected chi connectivity index (χ2v) is 13.5. The first-order valence-corrected chi connectivity index (χ1v) is 15.3. The van der Waals surface area contributed by atoms with E-state index in [2.05, 4.69) is 41.3 Å². The normalized spacial score (nSPS) is 12.8. The van der Waals surface area contributed by atoms with Crippen LogP contribution in [-0.2, 0) is 14.8 Å². The molecule has 0 saturated heterocycles. The van der Waals surface area contributed by atoms with Crippen LogP contribution in [-0.4, -0.2) is 47.9 Å². The van der Waals surface area contributed by atoms with E-state index in [0.717, 1.165) is 15.4 Å². The van der Waals surface area contributed by atoms with E-state index in [1.54, 1.807) is 12.1 Å². The zero-order valence-electron chi connectivity index (χ0n) is 21.8. The number of aromatic nitrogens is 2. The number of aromatic amines is 1. The maximum absolute atomic E-state index is 13.1. The number of hydrogen-bond donors (Lipinski definition) is 2. The average molecular weight is 571 g/mol. The number of carbonyl (C=O) groups excluding carboxylic acids is 1. The largest absolute Gasteiger partial charge is 0.325 e. The van der Waals surface area contributed by atoms with Crippen molar-refractivity contribution in [2.45, 2.75) is 48.4 Å². The molecule has 200 valence electrons. The summed E-state index contributed by atoms with van der Waals surface area (Å²) in [7, 11) is -0.626. The van der Waals surface area contributed by atoms with Crippen LogP contribution in [0.1, 0.15) is 38.7 Å². The van der Waals surface area contributed by atoms with Crippen LogP contribution in [0.25, 0.3) is 21.3 Å². The molecular formula is C27H30N4O4S3. The van der Waals surface area contributed by atoms with Crippen molar-refractivity contribution in [1.82, 2.24) is 14.3 Å². The van der Waals surface area contributed by atoms with Gasteiger partial charge in [-0.05, 0) is 47.7 Å². The van der Waals surface area contributed by atoms with Gasteiger partial charge < -0.3 is 10.3 Å². The van der Waals surface area contributed by atoms with Gasteiger partial charge in [-0.25, -0.2) is 17.7 Å². The Morgan fingerprint density at radius 3 is 2.34 bits per heavy atom. The fourth-order valence-corrected chi connectivity index (χ4v) is 6.65. The molecule has 4 aromatic rings. The van der Waals surface area contributed by atoms with E-state index in [-0.39, 0.29) is 16.4 Å². The summed E-state index contributed by atoms with van der Waals surface area (Å²) < 4.78 is 25.7. The maximum Gasteiger partial charge on any atom is 0.260 e. The van der Waals surface area contributed by atoms with E-state index < -0.39 is 15.3 Å². The Bertz CT molecular complexity index is 1610. The molecule has 4 rings (SSSR count). The molecule has 0 aliphatic rings. The molecule has 1 unspecified atom stereocenters. The van der Waals surface area contributed by atoms with E-state index in [1.165, 1.54) is 54.9 Å². The highest BCUT2D eigenvalue weighted by molar-refractivity contribution is 8.00. The van der Waals surface area contributed by atoms with Crippen molar-refractivity contribution in [2.24, 2.45) is 0 Å². The quantitative estimate of drug-likeness (QED) is 0.202. The van der Waals surface area contributed by atoms with Crippen molar-refractivity contribution in [2.75, 3.05) is 19.4 Å². The number of nitrogens with one attached hydrogen (secondary N) is 2. The minimum absolute atomic E-state index is 0.142. The third-order valence-corrected chi connectivity index (χ3v) is 10.1. The van der Waals surface area contributed by atoms with Gasteiger partial charge in [0.2, 0.25) is 15.9 Å². The zero-order chi connectivity index (χ0) is 27.6. The second-order valence-electron chi connectivity index (χ2n) is 9.29.